The molecule has 108 valence electrons. The molecule has 0 bridgehead atoms. The van der Waals surface area contributed by atoms with Gasteiger partial charge in [-0.05, 0) is 17.5 Å². The Balaban J connectivity index is 2.37. The molecule has 2 atom stereocenters. The zero-order valence-corrected chi connectivity index (χ0v) is 12.7. The Bertz CT molecular complexity index is 586. The van der Waals surface area contributed by atoms with E-state index in [9.17, 15) is 4.79 Å². The second kappa shape index (κ2) is 7.03. The van der Waals surface area contributed by atoms with Crippen LogP contribution in [0.4, 0.5) is 0 Å². The molecule has 2 aromatic rings. The van der Waals surface area contributed by atoms with Gasteiger partial charge < -0.3 is 4.79 Å². The van der Waals surface area contributed by atoms with E-state index in [1.165, 1.54) is 5.56 Å². The minimum atomic E-state index is -0.382. The molecule has 0 amide bonds. The maximum Gasteiger partial charge on any atom is 0.126 e. The van der Waals surface area contributed by atoms with Crippen LogP contribution in [0.3, 0.4) is 0 Å². The maximum absolute atomic E-state index is 11.7. The summed E-state index contributed by atoms with van der Waals surface area (Å²) < 4.78 is 0. The molecule has 0 saturated heterocycles. The monoisotopic (exact) mass is 278 g/mol. The number of benzene rings is 2. The highest BCUT2D eigenvalue weighted by Gasteiger charge is 2.31. The van der Waals surface area contributed by atoms with E-state index in [1.807, 2.05) is 43.3 Å². The maximum atomic E-state index is 11.7. The molecule has 1 heteroatoms. The zero-order chi connectivity index (χ0) is 15.1. The molecule has 2 aromatic carbocycles. The molecule has 0 saturated carbocycles. The number of allylic oxidation sites excluding steroid dienone is 1. The van der Waals surface area contributed by atoms with Gasteiger partial charge in [0.15, 0.2) is 0 Å². The van der Waals surface area contributed by atoms with Crippen LogP contribution in [-0.2, 0) is 4.79 Å². The van der Waals surface area contributed by atoms with Crippen molar-refractivity contribution in [1.82, 2.24) is 0 Å². The molecule has 2 rings (SSSR count). The van der Waals surface area contributed by atoms with Crippen LogP contribution in [0.25, 0.3) is 6.08 Å². The van der Waals surface area contributed by atoms with Crippen LogP contribution in [0, 0.1) is 5.41 Å². The minimum absolute atomic E-state index is 0.0846. The fourth-order valence-electron chi connectivity index (χ4n) is 2.52. The predicted octanol–water partition coefficient (Wildman–Crippen LogP) is 5.10. The Morgan fingerprint density at radius 2 is 1.57 bits per heavy atom. The van der Waals surface area contributed by atoms with Gasteiger partial charge in [-0.3, -0.25) is 0 Å². The Morgan fingerprint density at radius 3 is 2.10 bits per heavy atom. The molecular formula is C20H22O. The Morgan fingerprint density at radius 1 is 1.00 bits per heavy atom. The van der Waals surface area contributed by atoms with Crippen molar-refractivity contribution in [2.24, 2.45) is 5.41 Å². The normalized spacial score (nSPS) is 15.5. The summed E-state index contributed by atoms with van der Waals surface area (Å²) in [5.41, 5.74) is 1.95. The topological polar surface area (TPSA) is 17.1 Å². The van der Waals surface area contributed by atoms with Crippen molar-refractivity contribution in [3.63, 3.8) is 0 Å². The number of hydrogen-bond acceptors (Lipinski definition) is 1. The minimum Gasteiger partial charge on any atom is -0.303 e. The lowest BCUT2D eigenvalue weighted by Crippen LogP contribution is -2.25. The lowest BCUT2D eigenvalue weighted by molar-refractivity contribution is -0.116. The van der Waals surface area contributed by atoms with E-state index in [0.29, 0.717) is 0 Å². The number of carbonyl (C=O) groups excluding carboxylic acids is 1. The standard InChI is InChI=1S/C20H22O/c1-3-20(2,16-21)19(18-12-8-5-9-13-18)15-14-17-10-6-4-7-11-17/h4-16,19H,3H2,1-2H3/b15-14+/t19-,20-/m0/s1. The highest BCUT2D eigenvalue weighted by molar-refractivity contribution is 5.63. The highest BCUT2D eigenvalue weighted by Crippen LogP contribution is 2.38. The Kier molecular flexibility index (Phi) is 5.10. The van der Waals surface area contributed by atoms with Gasteiger partial charge in [0, 0.05) is 11.3 Å². The molecule has 0 fully saturated rings. The second-order valence-corrected chi connectivity index (χ2v) is 5.64. The fourth-order valence-corrected chi connectivity index (χ4v) is 2.52. The molecule has 0 aromatic heterocycles. The molecule has 0 aliphatic carbocycles. The van der Waals surface area contributed by atoms with Crippen molar-refractivity contribution >= 4 is 12.4 Å². The van der Waals surface area contributed by atoms with Gasteiger partial charge in [-0.2, -0.15) is 0 Å². The first-order valence-corrected chi connectivity index (χ1v) is 7.44. The van der Waals surface area contributed by atoms with Crippen LogP contribution in [0.5, 0.6) is 0 Å². The van der Waals surface area contributed by atoms with E-state index in [0.717, 1.165) is 18.3 Å². The van der Waals surface area contributed by atoms with Crippen LogP contribution in [0.15, 0.2) is 66.7 Å². The summed E-state index contributed by atoms with van der Waals surface area (Å²) in [5.74, 6) is 0.0846. The molecule has 0 unspecified atom stereocenters. The van der Waals surface area contributed by atoms with Crippen molar-refractivity contribution in [3.05, 3.63) is 77.9 Å². The fraction of sp³-hybridized carbons (Fsp3) is 0.250. The highest BCUT2D eigenvalue weighted by atomic mass is 16.1. The first-order valence-electron chi connectivity index (χ1n) is 7.44. The van der Waals surface area contributed by atoms with Crippen molar-refractivity contribution < 1.29 is 4.79 Å². The van der Waals surface area contributed by atoms with E-state index in [1.54, 1.807) is 0 Å². The smallest absolute Gasteiger partial charge is 0.126 e. The van der Waals surface area contributed by atoms with Gasteiger partial charge in [0.2, 0.25) is 0 Å². The largest absolute Gasteiger partial charge is 0.303 e. The average Bonchev–Trinajstić information content (AvgIpc) is 2.56. The molecule has 0 radical (unpaired) electrons. The third kappa shape index (κ3) is 3.69. The van der Waals surface area contributed by atoms with Crippen molar-refractivity contribution in [1.29, 1.82) is 0 Å². The Hall–Kier alpha value is -2.15. The summed E-state index contributed by atoms with van der Waals surface area (Å²) in [6.07, 6.45) is 6.17. The van der Waals surface area contributed by atoms with Gasteiger partial charge in [0.25, 0.3) is 0 Å². The number of aldehydes is 1. The summed E-state index contributed by atoms with van der Waals surface area (Å²) in [7, 11) is 0. The van der Waals surface area contributed by atoms with E-state index in [-0.39, 0.29) is 11.3 Å². The number of carbonyl (C=O) groups is 1. The lowest BCUT2D eigenvalue weighted by atomic mass is 9.72. The van der Waals surface area contributed by atoms with Gasteiger partial charge in [0.05, 0.1) is 0 Å². The van der Waals surface area contributed by atoms with Gasteiger partial charge in [-0.1, -0.05) is 86.7 Å². The molecule has 0 spiro atoms. The van der Waals surface area contributed by atoms with Crippen LogP contribution >= 0.6 is 0 Å². The van der Waals surface area contributed by atoms with E-state index < -0.39 is 0 Å². The van der Waals surface area contributed by atoms with Crippen LogP contribution in [-0.4, -0.2) is 6.29 Å². The van der Waals surface area contributed by atoms with Crippen LogP contribution in [0.1, 0.15) is 37.3 Å². The van der Waals surface area contributed by atoms with Gasteiger partial charge in [-0.15, -0.1) is 0 Å². The molecule has 0 aliphatic rings. The lowest BCUT2D eigenvalue weighted by Gasteiger charge is -2.30. The molecule has 21 heavy (non-hydrogen) atoms. The van der Waals surface area contributed by atoms with E-state index in [4.69, 9.17) is 0 Å². The van der Waals surface area contributed by atoms with Crippen molar-refractivity contribution in [3.8, 4) is 0 Å². The summed E-state index contributed by atoms with van der Waals surface area (Å²) in [6.45, 7) is 4.10. The van der Waals surface area contributed by atoms with E-state index >= 15 is 0 Å². The SMILES string of the molecule is CC[C@@](C)(C=O)[C@@H](/C=C/c1ccccc1)c1ccccc1. The zero-order valence-electron chi connectivity index (χ0n) is 12.7. The molecule has 0 N–H and O–H groups in total. The second-order valence-electron chi connectivity index (χ2n) is 5.64. The van der Waals surface area contributed by atoms with Gasteiger partial charge in [0.1, 0.15) is 6.29 Å². The number of rotatable bonds is 6. The van der Waals surface area contributed by atoms with Crippen molar-refractivity contribution in [2.75, 3.05) is 0 Å². The summed E-state index contributed by atoms with van der Waals surface area (Å²) in [6, 6.07) is 20.4. The summed E-state index contributed by atoms with van der Waals surface area (Å²) >= 11 is 0. The first-order chi connectivity index (χ1) is 10.2. The quantitative estimate of drug-likeness (QED) is 0.672. The van der Waals surface area contributed by atoms with Crippen LogP contribution in [0.2, 0.25) is 0 Å². The third-order valence-corrected chi connectivity index (χ3v) is 4.18. The first kappa shape index (κ1) is 15.2. The molecule has 0 aliphatic heterocycles. The predicted molar refractivity (Wildman–Crippen MR) is 89.1 cm³/mol. The molecule has 1 nitrogen and oxygen atoms in total. The van der Waals surface area contributed by atoms with E-state index in [2.05, 4.69) is 43.3 Å². The summed E-state index contributed by atoms with van der Waals surface area (Å²) in [4.78, 5) is 11.7. The Labute approximate surface area is 127 Å². The van der Waals surface area contributed by atoms with Crippen molar-refractivity contribution in [2.45, 2.75) is 26.2 Å². The van der Waals surface area contributed by atoms with Gasteiger partial charge in [-0.25, -0.2) is 0 Å². The summed E-state index contributed by atoms with van der Waals surface area (Å²) in [5, 5.41) is 0. The average molecular weight is 278 g/mol. The molecule has 0 heterocycles. The van der Waals surface area contributed by atoms with Gasteiger partial charge >= 0.3 is 0 Å². The third-order valence-electron chi connectivity index (χ3n) is 4.18. The van der Waals surface area contributed by atoms with Crippen LogP contribution < -0.4 is 0 Å². The molecular weight excluding hydrogens is 256 g/mol. The number of hydrogen-bond donors (Lipinski definition) is 0.